The molecule has 158 valence electrons. The lowest BCUT2D eigenvalue weighted by Gasteiger charge is -2.27. The zero-order valence-corrected chi connectivity index (χ0v) is 17.9. The summed E-state index contributed by atoms with van der Waals surface area (Å²) in [6.07, 6.45) is 1.33. The van der Waals surface area contributed by atoms with Crippen molar-refractivity contribution in [2.75, 3.05) is 13.2 Å². The topological polar surface area (TPSA) is 69.7 Å². The normalized spacial score (nSPS) is 18.2. The van der Waals surface area contributed by atoms with Gasteiger partial charge in [0.05, 0.1) is 26.0 Å². The predicted octanol–water partition coefficient (Wildman–Crippen LogP) is 4.63. The number of benzene rings is 2. The standard InChI is InChI=1S/C23H26NO5S/c1-2-28-22(26)14-15-23(27)30-24(16-6-9-21(24)25)17-18-10-12-20(13-11-18)29-19-7-4-3-5-8-19/h3-5,7-8,10-13H,2,6,9,14-17H2,1H3/q+1. The smallest absolute Gasteiger partial charge is 0.326 e. The lowest BCUT2D eigenvalue weighted by atomic mass is 10.2. The summed E-state index contributed by atoms with van der Waals surface area (Å²) in [6, 6.07) is 17.1. The van der Waals surface area contributed by atoms with Gasteiger partial charge in [-0.15, -0.1) is 0 Å². The van der Waals surface area contributed by atoms with Crippen molar-refractivity contribution in [3.63, 3.8) is 0 Å². The zero-order valence-electron chi connectivity index (χ0n) is 17.0. The van der Waals surface area contributed by atoms with Gasteiger partial charge in [0.1, 0.15) is 18.0 Å². The van der Waals surface area contributed by atoms with Crippen molar-refractivity contribution in [3.8, 4) is 11.5 Å². The number of amides is 1. The van der Waals surface area contributed by atoms with Crippen LogP contribution in [0.2, 0.25) is 0 Å². The van der Waals surface area contributed by atoms with Crippen molar-refractivity contribution in [3.05, 3.63) is 60.2 Å². The fourth-order valence-corrected chi connectivity index (χ4v) is 4.58. The maximum absolute atomic E-state index is 12.7. The number of carbonyl (C=O) groups is 3. The second kappa shape index (κ2) is 10.4. The third kappa shape index (κ3) is 5.93. The molecule has 0 N–H and O–H groups in total. The molecular weight excluding hydrogens is 402 g/mol. The van der Waals surface area contributed by atoms with Crippen LogP contribution >= 0.6 is 11.9 Å². The van der Waals surface area contributed by atoms with Gasteiger partial charge >= 0.3 is 11.9 Å². The van der Waals surface area contributed by atoms with Crippen LogP contribution < -0.4 is 4.74 Å². The first-order valence-electron chi connectivity index (χ1n) is 10.1. The number of likely N-dealkylation sites (tertiary alicyclic amines) is 1. The highest BCUT2D eigenvalue weighted by atomic mass is 32.2. The Labute approximate surface area is 180 Å². The SMILES string of the molecule is CCOC(=O)CCC(=O)S[N+]1(Cc2ccc(Oc3ccccc3)cc2)CCCC1=O. The van der Waals surface area contributed by atoms with E-state index in [2.05, 4.69) is 0 Å². The number of ether oxygens (including phenoxy) is 2. The van der Waals surface area contributed by atoms with Crippen LogP contribution in [0, 0.1) is 0 Å². The maximum atomic E-state index is 12.7. The highest BCUT2D eigenvalue weighted by Gasteiger charge is 2.45. The van der Waals surface area contributed by atoms with Crippen LogP contribution in [-0.2, 0) is 25.7 Å². The Morgan fingerprint density at radius 3 is 2.33 bits per heavy atom. The zero-order chi connectivity index (χ0) is 21.4. The van der Waals surface area contributed by atoms with Crippen molar-refractivity contribution in [1.82, 2.24) is 0 Å². The number of nitrogens with zero attached hydrogens (tertiary/aromatic N) is 1. The molecule has 1 heterocycles. The molecule has 2 aromatic carbocycles. The molecule has 1 atom stereocenters. The minimum Gasteiger partial charge on any atom is -0.466 e. The van der Waals surface area contributed by atoms with E-state index in [1.54, 1.807) is 6.92 Å². The van der Waals surface area contributed by atoms with Gasteiger partial charge in [0.25, 0.3) is 0 Å². The Balaban J connectivity index is 1.64. The van der Waals surface area contributed by atoms with Gasteiger partial charge in [-0.05, 0) is 43.3 Å². The summed E-state index contributed by atoms with van der Waals surface area (Å²) in [5.41, 5.74) is 0.955. The van der Waals surface area contributed by atoms with Crippen molar-refractivity contribution in [2.45, 2.75) is 39.2 Å². The molecule has 7 heteroatoms. The van der Waals surface area contributed by atoms with Gasteiger partial charge in [0, 0.05) is 18.4 Å². The molecule has 2 aromatic rings. The molecule has 1 saturated heterocycles. The molecule has 6 nitrogen and oxygen atoms in total. The first kappa shape index (κ1) is 22.1. The van der Waals surface area contributed by atoms with E-state index >= 15 is 0 Å². The maximum Gasteiger partial charge on any atom is 0.326 e. The molecule has 1 unspecified atom stereocenters. The number of quaternary nitrogens is 1. The molecule has 0 radical (unpaired) electrons. The lowest BCUT2D eigenvalue weighted by molar-refractivity contribution is -0.720. The minimum atomic E-state index is -0.389. The van der Waals surface area contributed by atoms with E-state index in [0.29, 0.717) is 31.9 Å². The molecule has 0 bridgehead atoms. The Morgan fingerprint density at radius 1 is 1.00 bits per heavy atom. The van der Waals surface area contributed by atoms with Gasteiger partial charge < -0.3 is 9.47 Å². The average molecular weight is 429 g/mol. The second-order valence-corrected chi connectivity index (χ2v) is 8.43. The first-order chi connectivity index (χ1) is 14.5. The van der Waals surface area contributed by atoms with Crippen molar-refractivity contribution in [2.24, 2.45) is 0 Å². The summed E-state index contributed by atoms with van der Waals surface area (Å²) < 4.78 is 10.7. The van der Waals surface area contributed by atoms with E-state index in [9.17, 15) is 14.4 Å². The molecule has 0 spiro atoms. The minimum absolute atomic E-state index is 0.0411. The Kier molecular flexibility index (Phi) is 7.65. The second-order valence-electron chi connectivity index (χ2n) is 7.10. The number of rotatable bonds is 9. The quantitative estimate of drug-likeness (QED) is 0.329. The molecule has 1 aliphatic heterocycles. The molecule has 0 aliphatic carbocycles. The summed E-state index contributed by atoms with van der Waals surface area (Å²) in [7, 11) is 0. The van der Waals surface area contributed by atoms with Gasteiger partial charge in [-0.25, -0.2) is 4.79 Å². The Morgan fingerprint density at radius 2 is 1.70 bits per heavy atom. The van der Waals surface area contributed by atoms with E-state index in [4.69, 9.17) is 9.47 Å². The van der Waals surface area contributed by atoms with Crippen LogP contribution in [0.1, 0.15) is 38.2 Å². The van der Waals surface area contributed by atoms with E-state index < -0.39 is 0 Å². The van der Waals surface area contributed by atoms with E-state index in [1.807, 2.05) is 54.6 Å². The van der Waals surface area contributed by atoms with E-state index in [1.165, 1.54) is 0 Å². The van der Waals surface area contributed by atoms with Crippen LogP contribution in [-0.4, -0.2) is 34.0 Å². The largest absolute Gasteiger partial charge is 0.466 e. The van der Waals surface area contributed by atoms with Gasteiger partial charge in [-0.1, -0.05) is 18.2 Å². The molecule has 1 fully saturated rings. The van der Waals surface area contributed by atoms with Gasteiger partial charge in [-0.2, -0.15) is 3.89 Å². The van der Waals surface area contributed by atoms with E-state index in [0.717, 1.165) is 29.7 Å². The third-order valence-electron chi connectivity index (χ3n) is 4.82. The van der Waals surface area contributed by atoms with Gasteiger partial charge in [0.15, 0.2) is 11.9 Å². The molecule has 0 saturated carbocycles. The van der Waals surface area contributed by atoms with Crippen molar-refractivity contribution < 1.29 is 27.7 Å². The number of para-hydroxylation sites is 1. The number of hydrogen-bond acceptors (Lipinski definition) is 6. The lowest BCUT2D eigenvalue weighted by Crippen LogP contribution is -2.42. The third-order valence-corrected chi connectivity index (χ3v) is 6.09. The van der Waals surface area contributed by atoms with Gasteiger partial charge in [-0.3, -0.25) is 9.59 Å². The summed E-state index contributed by atoms with van der Waals surface area (Å²) >= 11 is 1.03. The van der Waals surface area contributed by atoms with E-state index in [-0.39, 0.29) is 33.7 Å². The fraction of sp³-hybridized carbons (Fsp3) is 0.348. The Hall–Kier alpha value is -2.64. The summed E-state index contributed by atoms with van der Waals surface area (Å²) in [6.45, 7) is 3.06. The summed E-state index contributed by atoms with van der Waals surface area (Å²) in [4.78, 5) is 36.7. The van der Waals surface area contributed by atoms with Crippen molar-refractivity contribution >= 4 is 28.9 Å². The number of esters is 1. The van der Waals surface area contributed by atoms with Crippen LogP contribution in [0.3, 0.4) is 0 Å². The number of hydrogen-bond donors (Lipinski definition) is 0. The van der Waals surface area contributed by atoms with Gasteiger partial charge in [0.2, 0.25) is 5.12 Å². The van der Waals surface area contributed by atoms with Crippen LogP contribution in [0.4, 0.5) is 0 Å². The van der Waals surface area contributed by atoms with Crippen molar-refractivity contribution in [1.29, 1.82) is 0 Å². The molecule has 1 aliphatic rings. The molecule has 30 heavy (non-hydrogen) atoms. The highest BCUT2D eigenvalue weighted by Crippen LogP contribution is 2.36. The van der Waals surface area contributed by atoms with Crippen LogP contribution in [0.5, 0.6) is 11.5 Å². The molecular formula is C23H26NO5S+. The van der Waals surface area contributed by atoms with Crippen LogP contribution in [0.15, 0.2) is 54.6 Å². The Bertz CT molecular complexity index is 884. The molecule has 3 rings (SSSR count). The average Bonchev–Trinajstić information content (AvgIpc) is 3.08. The highest BCUT2D eigenvalue weighted by molar-refractivity contribution is 8.09. The fourth-order valence-electron chi connectivity index (χ4n) is 3.37. The summed E-state index contributed by atoms with van der Waals surface area (Å²) in [5.74, 6) is 1.13. The first-order valence-corrected chi connectivity index (χ1v) is 10.9. The molecule has 0 aromatic heterocycles. The monoisotopic (exact) mass is 428 g/mol. The summed E-state index contributed by atoms with van der Waals surface area (Å²) in [5, 5.41) is -0.165. The molecule has 1 amide bonds. The predicted molar refractivity (Wildman–Crippen MR) is 114 cm³/mol. The van der Waals surface area contributed by atoms with Crippen LogP contribution in [0.25, 0.3) is 0 Å². The number of carbonyl (C=O) groups excluding carboxylic acids is 3.